The molecule has 1 aliphatic heterocycles. The number of hydrazone groups is 1. The van der Waals surface area contributed by atoms with Crippen molar-refractivity contribution in [3.8, 4) is 22.8 Å². The summed E-state index contributed by atoms with van der Waals surface area (Å²) in [7, 11) is 1.28. The molecule has 2 atom stereocenters. The Kier molecular flexibility index (Phi) is 8.85. The summed E-state index contributed by atoms with van der Waals surface area (Å²) >= 11 is 0. The Morgan fingerprint density at radius 3 is 2.69 bits per heavy atom. The smallest absolute Gasteiger partial charge is 0.337 e. The fourth-order valence-electron chi connectivity index (χ4n) is 3.99. The minimum atomic E-state index is -1.13. The first-order chi connectivity index (χ1) is 18.9. The van der Waals surface area contributed by atoms with Gasteiger partial charge in [-0.15, -0.1) is 0 Å². The minimum absolute atomic E-state index is 0.138. The van der Waals surface area contributed by atoms with Crippen LogP contribution in [0.25, 0.3) is 11.3 Å². The predicted octanol–water partition coefficient (Wildman–Crippen LogP) is 3.47. The Hall–Kier alpha value is -4.77. The summed E-state index contributed by atoms with van der Waals surface area (Å²) in [6, 6.07) is 17.1. The van der Waals surface area contributed by atoms with Gasteiger partial charge in [0, 0.05) is 11.3 Å². The lowest BCUT2D eigenvalue weighted by molar-refractivity contribution is -0.136. The number of nitrogens with one attached hydrogen (secondary N) is 3. The van der Waals surface area contributed by atoms with Crippen LogP contribution in [-0.2, 0) is 9.53 Å². The number of urea groups is 1. The van der Waals surface area contributed by atoms with Crippen LogP contribution in [0.3, 0.4) is 0 Å². The van der Waals surface area contributed by atoms with Crippen molar-refractivity contribution in [1.82, 2.24) is 16.1 Å². The normalized spacial score (nSPS) is 15.9. The molecule has 0 spiro atoms. The third kappa shape index (κ3) is 6.76. The third-order valence-electron chi connectivity index (χ3n) is 5.77. The number of esters is 1. The van der Waals surface area contributed by atoms with E-state index in [0.29, 0.717) is 40.9 Å². The fraction of sp³-hybridized carbons (Fsp3) is 0.250. The molecular formula is C28H30N4O7. The molecule has 0 radical (unpaired) electrons. The molecule has 2 heterocycles. The van der Waals surface area contributed by atoms with Crippen molar-refractivity contribution in [2.75, 3.05) is 20.3 Å². The van der Waals surface area contributed by atoms with Gasteiger partial charge in [-0.2, -0.15) is 5.10 Å². The molecule has 2 amide bonds. The second-order valence-electron chi connectivity index (χ2n) is 8.48. The molecule has 4 rings (SSSR count). The fourth-order valence-corrected chi connectivity index (χ4v) is 3.99. The zero-order valence-corrected chi connectivity index (χ0v) is 21.8. The monoisotopic (exact) mass is 534 g/mol. The van der Waals surface area contributed by atoms with E-state index in [4.69, 9.17) is 18.6 Å². The number of aliphatic hydroxyl groups is 1. The van der Waals surface area contributed by atoms with E-state index in [1.807, 2.05) is 43.3 Å². The molecule has 1 aliphatic rings. The van der Waals surface area contributed by atoms with Crippen molar-refractivity contribution in [2.45, 2.75) is 26.1 Å². The van der Waals surface area contributed by atoms with Crippen LogP contribution in [0.15, 0.2) is 81.5 Å². The zero-order valence-electron chi connectivity index (χ0n) is 21.8. The summed E-state index contributed by atoms with van der Waals surface area (Å²) in [5.41, 5.74) is 4.80. The van der Waals surface area contributed by atoms with E-state index in [2.05, 4.69) is 21.2 Å². The number of furan rings is 1. The highest BCUT2D eigenvalue weighted by atomic mass is 16.5. The molecule has 0 bridgehead atoms. The number of amides is 2. The third-order valence-corrected chi connectivity index (χ3v) is 5.77. The molecule has 2 aromatic carbocycles. The van der Waals surface area contributed by atoms with E-state index in [0.717, 1.165) is 5.56 Å². The van der Waals surface area contributed by atoms with Gasteiger partial charge in [-0.1, -0.05) is 36.4 Å². The lowest BCUT2D eigenvalue weighted by atomic mass is 9.95. The molecule has 0 aliphatic carbocycles. The second-order valence-corrected chi connectivity index (χ2v) is 8.48. The van der Waals surface area contributed by atoms with Crippen LogP contribution in [-0.4, -0.2) is 49.9 Å². The van der Waals surface area contributed by atoms with Crippen molar-refractivity contribution in [3.63, 3.8) is 0 Å². The first-order valence-corrected chi connectivity index (χ1v) is 12.3. The van der Waals surface area contributed by atoms with Gasteiger partial charge >= 0.3 is 12.0 Å². The van der Waals surface area contributed by atoms with Crippen molar-refractivity contribution in [2.24, 2.45) is 5.10 Å². The van der Waals surface area contributed by atoms with Crippen molar-refractivity contribution in [3.05, 3.63) is 83.3 Å². The van der Waals surface area contributed by atoms with Gasteiger partial charge in [0.15, 0.2) is 17.7 Å². The van der Waals surface area contributed by atoms with Gasteiger partial charge in [0.05, 0.1) is 31.5 Å². The Morgan fingerprint density at radius 2 is 1.95 bits per heavy atom. The van der Waals surface area contributed by atoms with Gasteiger partial charge in [0.25, 0.3) is 0 Å². The van der Waals surface area contributed by atoms with Crippen LogP contribution < -0.4 is 25.5 Å². The highest BCUT2D eigenvalue weighted by Crippen LogP contribution is 2.35. The molecule has 11 nitrogen and oxygen atoms in total. The zero-order chi connectivity index (χ0) is 27.8. The SMILES string of the molecule is CCOc1cc([C@@H]2NC(=O)NC(C)=C2C(=O)OC)ccc1OC[C@@H](O)N/N=C\c1ccc(-c2ccccc2)o1. The number of ether oxygens (including phenoxy) is 3. The molecule has 4 N–H and O–H groups in total. The van der Waals surface area contributed by atoms with Crippen LogP contribution in [0.5, 0.6) is 11.5 Å². The van der Waals surface area contributed by atoms with Crippen molar-refractivity contribution in [1.29, 1.82) is 0 Å². The van der Waals surface area contributed by atoms with Gasteiger partial charge in [0.2, 0.25) is 0 Å². The maximum atomic E-state index is 12.4. The number of nitrogens with zero attached hydrogens (tertiary/aromatic N) is 1. The number of carbonyl (C=O) groups is 2. The summed E-state index contributed by atoms with van der Waals surface area (Å²) in [5, 5.41) is 19.6. The standard InChI is InChI=1S/C28H30N4O7/c1-4-37-23-14-19(26-25(27(34)36-3)17(2)30-28(35)31-26)10-12-22(23)38-16-24(33)32-29-15-20-11-13-21(39-20)18-8-6-5-7-9-18/h5-15,24,26,32-33H,4,16H2,1-3H3,(H2,30,31,35)/b29-15-/t24-,26+/m1/s1. The summed E-state index contributed by atoms with van der Waals surface area (Å²) in [6.07, 6.45) is 0.330. The Bertz CT molecular complexity index is 1370. The first-order valence-electron chi connectivity index (χ1n) is 12.3. The molecule has 1 aromatic heterocycles. The number of rotatable bonds is 11. The summed E-state index contributed by atoms with van der Waals surface area (Å²) in [4.78, 5) is 24.5. The van der Waals surface area contributed by atoms with E-state index < -0.39 is 24.3 Å². The molecule has 0 fully saturated rings. The van der Waals surface area contributed by atoms with E-state index >= 15 is 0 Å². The number of aliphatic hydroxyl groups excluding tert-OH is 1. The minimum Gasteiger partial charge on any atom is -0.490 e. The maximum absolute atomic E-state index is 12.4. The highest BCUT2D eigenvalue weighted by molar-refractivity contribution is 5.95. The number of carbonyl (C=O) groups excluding carboxylic acids is 2. The lowest BCUT2D eigenvalue weighted by Crippen LogP contribution is -2.45. The second kappa shape index (κ2) is 12.7. The number of hydrogen-bond donors (Lipinski definition) is 4. The van der Waals surface area contributed by atoms with Crippen molar-refractivity contribution < 1.29 is 33.3 Å². The number of allylic oxidation sites excluding steroid dienone is 1. The summed E-state index contributed by atoms with van der Waals surface area (Å²) in [6.45, 7) is 3.65. The predicted molar refractivity (Wildman–Crippen MR) is 143 cm³/mol. The van der Waals surface area contributed by atoms with Crippen LogP contribution >= 0.6 is 0 Å². The van der Waals surface area contributed by atoms with E-state index in [-0.39, 0.29) is 12.2 Å². The van der Waals surface area contributed by atoms with Gasteiger partial charge in [-0.05, 0) is 43.7 Å². The molecule has 39 heavy (non-hydrogen) atoms. The number of hydrogen-bond acceptors (Lipinski definition) is 9. The molecule has 3 aromatic rings. The summed E-state index contributed by atoms with van der Waals surface area (Å²) < 4.78 is 22.1. The van der Waals surface area contributed by atoms with Crippen molar-refractivity contribution >= 4 is 18.2 Å². The molecule has 204 valence electrons. The van der Waals surface area contributed by atoms with Crippen LogP contribution in [0.2, 0.25) is 0 Å². The average molecular weight is 535 g/mol. The lowest BCUT2D eigenvalue weighted by Gasteiger charge is -2.28. The Labute approximate surface area is 225 Å². The van der Waals surface area contributed by atoms with Gasteiger partial charge in [-0.3, -0.25) is 5.43 Å². The topological polar surface area (TPSA) is 144 Å². The largest absolute Gasteiger partial charge is 0.490 e. The quantitative estimate of drug-likeness (QED) is 0.127. The van der Waals surface area contributed by atoms with Crippen LogP contribution in [0, 0.1) is 0 Å². The van der Waals surface area contributed by atoms with Gasteiger partial charge in [-0.25, -0.2) is 9.59 Å². The van der Waals surface area contributed by atoms with E-state index in [1.165, 1.54) is 13.3 Å². The van der Waals surface area contributed by atoms with Gasteiger partial charge < -0.3 is 34.4 Å². The molecular weight excluding hydrogens is 504 g/mol. The molecule has 11 heteroatoms. The number of benzene rings is 2. The first kappa shape index (κ1) is 27.3. The maximum Gasteiger partial charge on any atom is 0.337 e. The molecule has 0 saturated heterocycles. The average Bonchev–Trinajstić information content (AvgIpc) is 3.41. The van der Waals surface area contributed by atoms with E-state index in [9.17, 15) is 14.7 Å². The molecule has 0 unspecified atom stereocenters. The van der Waals surface area contributed by atoms with Gasteiger partial charge in [0.1, 0.15) is 18.1 Å². The Balaban J connectivity index is 1.40. The number of methoxy groups -OCH3 is 1. The van der Waals surface area contributed by atoms with E-state index in [1.54, 1.807) is 31.2 Å². The summed E-state index contributed by atoms with van der Waals surface area (Å²) in [5.74, 6) is 1.41. The van der Waals surface area contributed by atoms with Crippen LogP contribution in [0.1, 0.15) is 31.2 Å². The van der Waals surface area contributed by atoms with Crippen LogP contribution in [0.4, 0.5) is 4.79 Å². The highest BCUT2D eigenvalue weighted by Gasteiger charge is 2.32. The molecule has 0 saturated carbocycles. The Morgan fingerprint density at radius 1 is 1.15 bits per heavy atom.